The van der Waals surface area contributed by atoms with Crippen LogP contribution >= 0.6 is 0 Å². The highest BCUT2D eigenvalue weighted by atomic mass is 16.6. The van der Waals surface area contributed by atoms with Crippen molar-refractivity contribution in [2.75, 3.05) is 40.1 Å². The van der Waals surface area contributed by atoms with Crippen molar-refractivity contribution in [2.24, 2.45) is 0 Å². The molecule has 1 heterocycles. The molecule has 0 saturated heterocycles. The lowest BCUT2D eigenvalue weighted by molar-refractivity contribution is -0.0601. The summed E-state index contributed by atoms with van der Waals surface area (Å²) >= 11 is 0. The summed E-state index contributed by atoms with van der Waals surface area (Å²) in [6, 6.07) is 8.69. The first kappa shape index (κ1) is 32.7. The minimum atomic E-state index is 0.0000942. The Hall–Kier alpha value is -1.56. The first-order chi connectivity index (χ1) is 18.7. The molecule has 1 aromatic rings. The Labute approximate surface area is 234 Å². The molecule has 38 heavy (non-hydrogen) atoms. The molecule has 1 unspecified atom stereocenters. The van der Waals surface area contributed by atoms with E-state index in [9.17, 15) is 0 Å². The van der Waals surface area contributed by atoms with Crippen LogP contribution in [0.4, 0.5) is 0 Å². The minimum absolute atomic E-state index is 0.0000942. The lowest BCUT2D eigenvalue weighted by Crippen LogP contribution is -2.26. The fourth-order valence-electron chi connectivity index (χ4n) is 5.05. The van der Waals surface area contributed by atoms with Gasteiger partial charge < -0.3 is 24.0 Å². The third-order valence-corrected chi connectivity index (χ3v) is 7.23. The molecule has 0 saturated carbocycles. The average Bonchev–Trinajstić information content (AvgIpc) is 3.32. The summed E-state index contributed by atoms with van der Waals surface area (Å²) in [6.07, 6.45) is 23.6. The maximum Gasteiger partial charge on any atom is 0.104 e. The number of ether oxygens (including phenoxy) is 3. The standard InChI is InChI=1S/C33H58N2O3/c1-4-6-7-8-9-10-11-12-13-14-15-16-17-18-24-36-28-33(38-5-2)29-37-27-32-21-19-20-31(25-32)26-35-23-22-34(3)30-35/h19-23,25,33H,4-18,24,26-30H2,1-3H3. The van der Waals surface area contributed by atoms with Gasteiger partial charge in [0.1, 0.15) is 6.10 Å². The van der Waals surface area contributed by atoms with Gasteiger partial charge in [-0.2, -0.15) is 0 Å². The number of benzene rings is 1. The lowest BCUT2D eigenvalue weighted by Gasteiger charge is -2.19. The molecule has 0 bridgehead atoms. The molecule has 0 spiro atoms. The van der Waals surface area contributed by atoms with E-state index >= 15 is 0 Å². The van der Waals surface area contributed by atoms with Crippen molar-refractivity contribution in [2.45, 2.75) is 123 Å². The molecule has 2 rings (SSSR count). The van der Waals surface area contributed by atoms with Crippen LogP contribution in [0, 0.1) is 0 Å². The van der Waals surface area contributed by atoms with Crippen LogP contribution in [0.15, 0.2) is 36.7 Å². The van der Waals surface area contributed by atoms with Gasteiger partial charge in [-0.15, -0.1) is 0 Å². The lowest BCUT2D eigenvalue weighted by atomic mass is 10.0. The van der Waals surface area contributed by atoms with Crippen LogP contribution in [-0.2, 0) is 27.4 Å². The van der Waals surface area contributed by atoms with Gasteiger partial charge in [-0.25, -0.2) is 0 Å². The van der Waals surface area contributed by atoms with Crippen LogP contribution in [0.5, 0.6) is 0 Å². The van der Waals surface area contributed by atoms with Crippen molar-refractivity contribution in [3.05, 3.63) is 47.8 Å². The molecule has 0 aromatic heterocycles. The number of nitrogens with zero attached hydrogens (tertiary/aromatic N) is 2. The summed E-state index contributed by atoms with van der Waals surface area (Å²) in [6.45, 7) is 9.47. The Kier molecular flexibility index (Phi) is 19.1. The molecule has 5 nitrogen and oxygen atoms in total. The highest BCUT2D eigenvalue weighted by molar-refractivity contribution is 5.23. The largest absolute Gasteiger partial charge is 0.379 e. The molecule has 1 aliphatic heterocycles. The molecule has 0 amide bonds. The number of hydrogen-bond acceptors (Lipinski definition) is 5. The molecule has 1 atom stereocenters. The minimum Gasteiger partial charge on any atom is -0.379 e. The SMILES string of the molecule is CCCCCCCCCCCCCCCCOCC(COCc1cccc(CN2C=CN(C)C2)c1)OCC. The van der Waals surface area contributed by atoms with Crippen molar-refractivity contribution >= 4 is 0 Å². The van der Waals surface area contributed by atoms with Crippen LogP contribution in [0.3, 0.4) is 0 Å². The molecule has 0 radical (unpaired) electrons. The van der Waals surface area contributed by atoms with Gasteiger partial charge in [0.15, 0.2) is 0 Å². The van der Waals surface area contributed by atoms with Gasteiger partial charge in [-0.3, -0.25) is 0 Å². The predicted molar refractivity (Wildman–Crippen MR) is 160 cm³/mol. The molecule has 0 N–H and O–H groups in total. The molecule has 0 fully saturated rings. The molecular formula is C33H58N2O3. The van der Waals surface area contributed by atoms with E-state index in [0.717, 1.165) is 26.2 Å². The van der Waals surface area contributed by atoms with Crippen molar-refractivity contribution in [3.8, 4) is 0 Å². The second-order valence-electron chi connectivity index (χ2n) is 11.0. The highest BCUT2D eigenvalue weighted by Crippen LogP contribution is 2.14. The van der Waals surface area contributed by atoms with Crippen LogP contribution in [0.25, 0.3) is 0 Å². The van der Waals surface area contributed by atoms with Crippen LogP contribution < -0.4 is 0 Å². The highest BCUT2D eigenvalue weighted by Gasteiger charge is 2.11. The van der Waals surface area contributed by atoms with E-state index in [1.165, 1.54) is 94.6 Å². The molecule has 5 heteroatoms. The summed E-state index contributed by atoms with van der Waals surface area (Å²) in [7, 11) is 2.10. The molecular weight excluding hydrogens is 472 g/mol. The Bertz CT molecular complexity index is 711. The predicted octanol–water partition coefficient (Wildman–Crippen LogP) is 8.28. The van der Waals surface area contributed by atoms with Crippen molar-refractivity contribution in [3.63, 3.8) is 0 Å². The summed E-state index contributed by atoms with van der Waals surface area (Å²) in [4.78, 5) is 4.49. The molecule has 0 aliphatic carbocycles. The van der Waals surface area contributed by atoms with E-state index < -0.39 is 0 Å². The van der Waals surface area contributed by atoms with Crippen LogP contribution in [0.2, 0.25) is 0 Å². The first-order valence-electron chi connectivity index (χ1n) is 15.7. The maximum absolute atomic E-state index is 6.02. The fourth-order valence-corrected chi connectivity index (χ4v) is 5.05. The summed E-state index contributed by atoms with van der Waals surface area (Å²) in [5, 5.41) is 0. The maximum atomic E-state index is 6.02. The number of unbranched alkanes of at least 4 members (excludes halogenated alkanes) is 13. The van der Waals surface area contributed by atoms with Crippen LogP contribution in [-0.4, -0.2) is 56.0 Å². The zero-order valence-electron chi connectivity index (χ0n) is 25.0. The summed E-state index contributed by atoms with van der Waals surface area (Å²) in [5.41, 5.74) is 2.52. The molecule has 218 valence electrons. The summed E-state index contributed by atoms with van der Waals surface area (Å²) in [5.74, 6) is 0. The van der Waals surface area contributed by atoms with Gasteiger partial charge >= 0.3 is 0 Å². The molecule has 1 aromatic carbocycles. The Morgan fingerprint density at radius 1 is 0.737 bits per heavy atom. The van der Waals surface area contributed by atoms with E-state index in [4.69, 9.17) is 14.2 Å². The van der Waals surface area contributed by atoms with Crippen molar-refractivity contribution in [1.82, 2.24) is 9.80 Å². The van der Waals surface area contributed by atoms with E-state index in [0.29, 0.717) is 26.4 Å². The van der Waals surface area contributed by atoms with E-state index in [-0.39, 0.29) is 6.10 Å². The number of hydrogen-bond donors (Lipinski definition) is 0. The third-order valence-electron chi connectivity index (χ3n) is 7.23. The Balaban J connectivity index is 1.44. The average molecular weight is 531 g/mol. The first-order valence-corrected chi connectivity index (χ1v) is 15.7. The summed E-state index contributed by atoms with van der Waals surface area (Å²) < 4.78 is 17.8. The quantitative estimate of drug-likeness (QED) is 0.119. The zero-order valence-corrected chi connectivity index (χ0v) is 25.0. The second-order valence-corrected chi connectivity index (χ2v) is 11.0. The fraction of sp³-hybridized carbons (Fsp3) is 0.758. The van der Waals surface area contributed by atoms with Gasteiger partial charge in [0.05, 0.1) is 26.5 Å². The molecule has 1 aliphatic rings. The van der Waals surface area contributed by atoms with Gasteiger partial charge in [0.25, 0.3) is 0 Å². The monoisotopic (exact) mass is 530 g/mol. The van der Waals surface area contributed by atoms with Crippen molar-refractivity contribution < 1.29 is 14.2 Å². The Morgan fingerprint density at radius 3 is 1.95 bits per heavy atom. The van der Waals surface area contributed by atoms with Gasteiger partial charge in [-0.05, 0) is 24.5 Å². The normalized spacial score (nSPS) is 14.1. The smallest absolute Gasteiger partial charge is 0.104 e. The van der Waals surface area contributed by atoms with Gasteiger partial charge in [-0.1, -0.05) is 115 Å². The number of rotatable bonds is 25. The van der Waals surface area contributed by atoms with E-state index in [1.807, 2.05) is 6.92 Å². The zero-order chi connectivity index (χ0) is 27.1. The second kappa shape index (κ2) is 22.3. The van der Waals surface area contributed by atoms with E-state index in [1.54, 1.807) is 0 Å². The van der Waals surface area contributed by atoms with E-state index in [2.05, 4.69) is 60.4 Å². The van der Waals surface area contributed by atoms with Crippen LogP contribution in [0.1, 0.15) is 115 Å². The van der Waals surface area contributed by atoms with Crippen molar-refractivity contribution in [1.29, 1.82) is 0 Å². The van der Waals surface area contributed by atoms with Gasteiger partial charge in [0, 0.05) is 39.2 Å². The van der Waals surface area contributed by atoms with Gasteiger partial charge in [0.2, 0.25) is 0 Å². The Morgan fingerprint density at radius 2 is 1.34 bits per heavy atom. The third kappa shape index (κ3) is 16.4. The topological polar surface area (TPSA) is 34.2 Å².